The first-order chi connectivity index (χ1) is 5.75. The van der Waals surface area contributed by atoms with Gasteiger partial charge in [-0.2, -0.15) is 0 Å². The van der Waals surface area contributed by atoms with Gasteiger partial charge in [0.05, 0.1) is 0 Å². The second kappa shape index (κ2) is 2.75. The molecule has 1 amide bonds. The molecule has 1 aromatic heterocycles. The number of pyridine rings is 1. The van der Waals surface area contributed by atoms with Gasteiger partial charge in [0.15, 0.2) is 0 Å². The number of fused-ring (bicyclic) bond motifs is 1. The molecule has 0 saturated heterocycles. The van der Waals surface area contributed by atoms with E-state index in [0.29, 0.717) is 5.82 Å². The Hall–Kier alpha value is -1.10. The Morgan fingerprint density at radius 1 is 1.67 bits per heavy atom. The van der Waals surface area contributed by atoms with Crippen molar-refractivity contribution in [1.29, 1.82) is 0 Å². The average Bonchev–Trinajstić information content (AvgIpc) is 2.05. The molecule has 0 bridgehead atoms. The van der Waals surface area contributed by atoms with Crippen molar-refractivity contribution in [3.63, 3.8) is 0 Å². The van der Waals surface area contributed by atoms with Crippen molar-refractivity contribution >= 4 is 27.8 Å². The molecule has 4 nitrogen and oxygen atoms in total. The zero-order valence-electron chi connectivity index (χ0n) is 6.00. The Kier molecular flexibility index (Phi) is 1.73. The summed E-state index contributed by atoms with van der Waals surface area (Å²) in [6.45, 7) is 0.285. The van der Waals surface area contributed by atoms with E-state index in [9.17, 15) is 4.79 Å². The number of halogens is 1. The summed E-state index contributed by atoms with van der Waals surface area (Å²) in [4.78, 5) is 14.7. The number of hydrogen-bond donors (Lipinski definition) is 1. The highest BCUT2D eigenvalue weighted by Gasteiger charge is 2.16. The van der Waals surface area contributed by atoms with Crippen molar-refractivity contribution in [2.75, 3.05) is 5.32 Å². The van der Waals surface area contributed by atoms with Crippen LogP contribution in [0.25, 0.3) is 0 Å². The Balaban J connectivity index is 2.43. The molecule has 0 aliphatic carbocycles. The third-order valence-corrected chi connectivity index (χ3v) is 1.95. The third kappa shape index (κ3) is 1.27. The van der Waals surface area contributed by atoms with Crippen molar-refractivity contribution in [3.8, 4) is 0 Å². The van der Waals surface area contributed by atoms with E-state index in [-0.39, 0.29) is 6.61 Å². The van der Waals surface area contributed by atoms with E-state index in [4.69, 9.17) is 4.74 Å². The number of nitrogens with one attached hydrogen (secondary N) is 1. The Bertz CT molecular complexity index is 340. The molecule has 62 valence electrons. The lowest BCUT2D eigenvalue weighted by Crippen LogP contribution is -2.21. The van der Waals surface area contributed by atoms with Gasteiger partial charge in [-0.3, -0.25) is 5.32 Å². The number of anilines is 1. The fourth-order valence-corrected chi connectivity index (χ4v) is 1.36. The number of ether oxygens (including phenoxy) is 1. The van der Waals surface area contributed by atoms with E-state index < -0.39 is 6.09 Å². The minimum absolute atomic E-state index is 0.285. The minimum Gasteiger partial charge on any atom is -0.444 e. The number of carbonyl (C=O) groups is 1. The van der Waals surface area contributed by atoms with Crippen LogP contribution in [-0.2, 0) is 11.3 Å². The smallest absolute Gasteiger partial charge is 0.413 e. The predicted molar refractivity (Wildman–Crippen MR) is 45.7 cm³/mol. The number of hydrogen-bond acceptors (Lipinski definition) is 3. The maximum Gasteiger partial charge on any atom is 0.413 e. The van der Waals surface area contributed by atoms with Crippen molar-refractivity contribution in [2.45, 2.75) is 6.61 Å². The van der Waals surface area contributed by atoms with E-state index in [1.54, 1.807) is 6.20 Å². The van der Waals surface area contributed by atoms with E-state index in [2.05, 4.69) is 26.2 Å². The molecule has 1 aliphatic heterocycles. The summed E-state index contributed by atoms with van der Waals surface area (Å²) >= 11 is 3.27. The monoisotopic (exact) mass is 228 g/mol. The van der Waals surface area contributed by atoms with Crippen molar-refractivity contribution in [1.82, 2.24) is 4.98 Å². The summed E-state index contributed by atoms with van der Waals surface area (Å²) in [5.74, 6) is 0.578. The lowest BCUT2D eigenvalue weighted by atomic mass is 10.2. The quantitative estimate of drug-likeness (QED) is 0.739. The lowest BCUT2D eigenvalue weighted by molar-refractivity contribution is 0.151. The SMILES string of the molecule is O=C1Nc2ncc(Br)cc2CO1. The van der Waals surface area contributed by atoms with Crippen LogP contribution in [0.4, 0.5) is 10.6 Å². The highest BCUT2D eigenvalue weighted by molar-refractivity contribution is 9.10. The van der Waals surface area contributed by atoms with Gasteiger partial charge in [0.2, 0.25) is 0 Å². The van der Waals surface area contributed by atoms with Crippen LogP contribution in [0, 0.1) is 0 Å². The van der Waals surface area contributed by atoms with Crippen LogP contribution in [0.15, 0.2) is 16.7 Å². The summed E-state index contributed by atoms with van der Waals surface area (Å²) in [6, 6.07) is 1.86. The van der Waals surface area contributed by atoms with Gasteiger partial charge in [-0.25, -0.2) is 9.78 Å². The number of aromatic nitrogens is 1. The molecular formula is C7H5BrN2O2. The molecule has 0 saturated carbocycles. The second-order valence-electron chi connectivity index (χ2n) is 2.36. The highest BCUT2D eigenvalue weighted by Crippen LogP contribution is 2.21. The molecule has 0 aromatic carbocycles. The first-order valence-corrected chi connectivity index (χ1v) is 4.13. The van der Waals surface area contributed by atoms with E-state index in [1.807, 2.05) is 6.07 Å². The predicted octanol–water partition coefficient (Wildman–Crippen LogP) is 1.91. The zero-order chi connectivity index (χ0) is 8.55. The molecule has 1 aliphatic rings. The van der Waals surface area contributed by atoms with Crippen LogP contribution in [0.3, 0.4) is 0 Å². The van der Waals surface area contributed by atoms with E-state index in [0.717, 1.165) is 10.0 Å². The lowest BCUT2D eigenvalue weighted by Gasteiger charge is -2.15. The zero-order valence-corrected chi connectivity index (χ0v) is 7.59. The summed E-state index contributed by atoms with van der Waals surface area (Å²) < 4.78 is 5.62. The molecule has 2 rings (SSSR count). The summed E-state index contributed by atoms with van der Waals surface area (Å²) in [5, 5.41) is 2.49. The fourth-order valence-electron chi connectivity index (χ4n) is 0.980. The molecule has 1 aromatic rings. The van der Waals surface area contributed by atoms with Crippen molar-refractivity contribution in [2.24, 2.45) is 0 Å². The van der Waals surface area contributed by atoms with Crippen LogP contribution in [0.2, 0.25) is 0 Å². The van der Waals surface area contributed by atoms with Crippen LogP contribution in [-0.4, -0.2) is 11.1 Å². The standard InChI is InChI=1S/C7H5BrN2O2/c8-5-1-4-3-12-7(11)10-6(4)9-2-5/h1-2H,3H2,(H,9,10,11). The number of nitrogens with zero attached hydrogens (tertiary/aromatic N) is 1. The number of cyclic esters (lactones) is 1. The number of amides is 1. The average molecular weight is 229 g/mol. The third-order valence-electron chi connectivity index (χ3n) is 1.51. The number of carbonyl (C=O) groups excluding carboxylic acids is 1. The fraction of sp³-hybridized carbons (Fsp3) is 0.143. The van der Waals surface area contributed by atoms with Gasteiger partial charge in [-0.15, -0.1) is 0 Å². The summed E-state index contributed by atoms with van der Waals surface area (Å²) in [6.07, 6.45) is 1.18. The summed E-state index contributed by atoms with van der Waals surface area (Å²) in [5.41, 5.74) is 0.879. The second-order valence-corrected chi connectivity index (χ2v) is 3.28. The van der Waals surface area contributed by atoms with E-state index >= 15 is 0 Å². The molecule has 1 N–H and O–H groups in total. The van der Waals surface area contributed by atoms with Gasteiger partial charge in [-0.05, 0) is 22.0 Å². The normalized spacial score (nSPS) is 14.6. The van der Waals surface area contributed by atoms with Crippen LogP contribution >= 0.6 is 15.9 Å². The van der Waals surface area contributed by atoms with Crippen LogP contribution in [0.1, 0.15) is 5.56 Å². The molecule has 0 unspecified atom stereocenters. The van der Waals surface area contributed by atoms with Crippen molar-refractivity contribution in [3.05, 3.63) is 22.3 Å². The Morgan fingerprint density at radius 2 is 2.50 bits per heavy atom. The highest BCUT2D eigenvalue weighted by atomic mass is 79.9. The largest absolute Gasteiger partial charge is 0.444 e. The molecule has 0 radical (unpaired) electrons. The maximum atomic E-state index is 10.7. The maximum absolute atomic E-state index is 10.7. The van der Waals surface area contributed by atoms with Gasteiger partial charge in [0, 0.05) is 16.2 Å². The Morgan fingerprint density at radius 3 is 3.33 bits per heavy atom. The van der Waals surface area contributed by atoms with Crippen LogP contribution < -0.4 is 5.32 Å². The van der Waals surface area contributed by atoms with Gasteiger partial charge >= 0.3 is 6.09 Å². The molecule has 0 atom stereocenters. The first-order valence-electron chi connectivity index (χ1n) is 3.34. The van der Waals surface area contributed by atoms with Crippen LogP contribution in [0.5, 0.6) is 0 Å². The number of rotatable bonds is 0. The summed E-state index contributed by atoms with van der Waals surface area (Å²) in [7, 11) is 0. The molecule has 0 fully saturated rings. The molecule has 0 spiro atoms. The van der Waals surface area contributed by atoms with Gasteiger partial charge in [-0.1, -0.05) is 0 Å². The molecular weight excluding hydrogens is 224 g/mol. The van der Waals surface area contributed by atoms with Crippen molar-refractivity contribution < 1.29 is 9.53 Å². The van der Waals surface area contributed by atoms with E-state index in [1.165, 1.54) is 0 Å². The van der Waals surface area contributed by atoms with Gasteiger partial charge in [0.1, 0.15) is 12.4 Å². The molecule has 12 heavy (non-hydrogen) atoms. The van der Waals surface area contributed by atoms with Gasteiger partial charge in [0.25, 0.3) is 0 Å². The molecule has 2 heterocycles. The topological polar surface area (TPSA) is 51.2 Å². The van der Waals surface area contributed by atoms with Gasteiger partial charge < -0.3 is 4.74 Å². The molecule has 5 heteroatoms. The Labute approximate surface area is 77.1 Å². The first kappa shape index (κ1) is 7.54. The minimum atomic E-state index is -0.447.